The van der Waals surface area contributed by atoms with Crippen LogP contribution in [0, 0.1) is 5.92 Å². The summed E-state index contributed by atoms with van der Waals surface area (Å²) in [6.45, 7) is 3.57. The number of hydrogen-bond acceptors (Lipinski definition) is 3. The van der Waals surface area contributed by atoms with Gasteiger partial charge in [0.2, 0.25) is 0 Å². The van der Waals surface area contributed by atoms with Crippen LogP contribution in [0.3, 0.4) is 0 Å². The molecule has 0 radical (unpaired) electrons. The van der Waals surface area contributed by atoms with Crippen molar-refractivity contribution in [2.24, 2.45) is 5.92 Å². The molecule has 0 amide bonds. The number of hydrogen-bond donors (Lipinski definition) is 0. The van der Waals surface area contributed by atoms with Crippen LogP contribution >= 0.6 is 0 Å². The minimum absolute atomic E-state index is 0.115. The largest absolute Gasteiger partial charge is 0.458 e. The Kier molecular flexibility index (Phi) is 3.65. The first-order valence-corrected chi connectivity index (χ1v) is 6.56. The Hall–Kier alpha value is -1.12. The molecule has 2 atom stereocenters. The molecule has 1 saturated carbocycles. The summed E-state index contributed by atoms with van der Waals surface area (Å²) in [7, 11) is 0. The van der Waals surface area contributed by atoms with E-state index in [0.717, 1.165) is 43.3 Å². The number of esters is 1. The molecule has 0 aromatic heterocycles. The van der Waals surface area contributed by atoms with Crippen LogP contribution in [0.15, 0.2) is 11.1 Å². The average molecular weight is 236 g/mol. The van der Waals surface area contributed by atoms with Gasteiger partial charge in [0.15, 0.2) is 5.78 Å². The second-order valence-corrected chi connectivity index (χ2v) is 5.04. The smallest absolute Gasteiger partial charge is 0.303 e. The maximum Gasteiger partial charge on any atom is 0.303 e. The van der Waals surface area contributed by atoms with Crippen LogP contribution in [0.5, 0.6) is 0 Å². The fourth-order valence-electron chi connectivity index (χ4n) is 3.05. The van der Waals surface area contributed by atoms with Crippen molar-refractivity contribution in [1.82, 2.24) is 0 Å². The number of unbranched alkanes of at least 4 members (excludes halogenated alkanes) is 1. The number of rotatable bonds is 4. The number of Topliss-reactive ketones (excluding diaryl/α,β-unsaturated/α-hetero) is 1. The highest BCUT2D eigenvalue weighted by atomic mass is 16.5. The van der Waals surface area contributed by atoms with E-state index in [0.29, 0.717) is 12.3 Å². The zero-order valence-electron chi connectivity index (χ0n) is 10.6. The summed E-state index contributed by atoms with van der Waals surface area (Å²) < 4.78 is 5.33. The van der Waals surface area contributed by atoms with Crippen LogP contribution in [0.25, 0.3) is 0 Å². The lowest BCUT2D eigenvalue weighted by molar-refractivity contribution is -0.144. The standard InChI is InChI=1S/C14H20O3/c1-3-4-5-11-12(16)8-10-6-7-13(14(10)11)17-9(2)15/h10,13H,3-8H2,1-2H3/t10-,13+/m0/s1. The molecule has 0 spiro atoms. The SMILES string of the molecule is CCCCC1=C2[C@@H](CC[C@H]2OC(C)=O)CC1=O. The third kappa shape index (κ3) is 2.43. The van der Waals surface area contributed by atoms with Crippen LogP contribution in [0.1, 0.15) is 52.4 Å². The molecular formula is C14H20O3. The maximum atomic E-state index is 11.9. The zero-order valence-corrected chi connectivity index (χ0v) is 10.6. The molecule has 17 heavy (non-hydrogen) atoms. The predicted molar refractivity (Wildman–Crippen MR) is 64.5 cm³/mol. The van der Waals surface area contributed by atoms with Crippen molar-refractivity contribution >= 4 is 11.8 Å². The Morgan fingerprint density at radius 2 is 2.18 bits per heavy atom. The van der Waals surface area contributed by atoms with Gasteiger partial charge < -0.3 is 4.74 Å². The van der Waals surface area contributed by atoms with E-state index in [1.807, 2.05) is 0 Å². The van der Waals surface area contributed by atoms with Gasteiger partial charge in [-0.3, -0.25) is 9.59 Å². The Labute approximate surface area is 102 Å². The van der Waals surface area contributed by atoms with E-state index in [9.17, 15) is 9.59 Å². The Morgan fingerprint density at radius 3 is 2.82 bits per heavy atom. The molecule has 0 aromatic rings. The molecule has 0 aromatic carbocycles. The van der Waals surface area contributed by atoms with Crippen LogP contribution < -0.4 is 0 Å². The first-order valence-electron chi connectivity index (χ1n) is 6.56. The van der Waals surface area contributed by atoms with Crippen molar-refractivity contribution in [3.05, 3.63) is 11.1 Å². The Morgan fingerprint density at radius 1 is 1.41 bits per heavy atom. The molecule has 3 heteroatoms. The lowest BCUT2D eigenvalue weighted by Crippen LogP contribution is -2.16. The van der Waals surface area contributed by atoms with E-state index in [1.54, 1.807) is 0 Å². The minimum Gasteiger partial charge on any atom is -0.458 e. The van der Waals surface area contributed by atoms with Crippen molar-refractivity contribution in [2.45, 2.75) is 58.5 Å². The number of fused-ring (bicyclic) bond motifs is 1. The van der Waals surface area contributed by atoms with Crippen LogP contribution in [-0.4, -0.2) is 17.9 Å². The number of allylic oxidation sites excluding steroid dienone is 1. The maximum absolute atomic E-state index is 11.9. The van der Waals surface area contributed by atoms with E-state index < -0.39 is 0 Å². The highest BCUT2D eigenvalue weighted by molar-refractivity contribution is 5.99. The van der Waals surface area contributed by atoms with E-state index in [2.05, 4.69) is 6.92 Å². The van der Waals surface area contributed by atoms with Gasteiger partial charge in [-0.05, 0) is 42.7 Å². The fourth-order valence-corrected chi connectivity index (χ4v) is 3.05. The fraction of sp³-hybridized carbons (Fsp3) is 0.714. The molecule has 2 aliphatic carbocycles. The summed E-state index contributed by atoms with van der Waals surface area (Å²) in [5, 5.41) is 0. The first-order chi connectivity index (χ1) is 8.13. The topological polar surface area (TPSA) is 43.4 Å². The van der Waals surface area contributed by atoms with E-state index in [4.69, 9.17) is 4.74 Å². The number of ketones is 1. The Bertz CT molecular complexity index is 368. The molecule has 2 aliphatic rings. The van der Waals surface area contributed by atoms with E-state index >= 15 is 0 Å². The van der Waals surface area contributed by atoms with Crippen LogP contribution in [-0.2, 0) is 14.3 Å². The van der Waals surface area contributed by atoms with Crippen LogP contribution in [0.4, 0.5) is 0 Å². The summed E-state index contributed by atoms with van der Waals surface area (Å²) in [4.78, 5) is 23.0. The van der Waals surface area contributed by atoms with E-state index in [-0.39, 0.29) is 17.9 Å². The molecule has 2 rings (SSSR count). The van der Waals surface area contributed by atoms with Crippen molar-refractivity contribution in [3.8, 4) is 0 Å². The van der Waals surface area contributed by atoms with Gasteiger partial charge in [-0.1, -0.05) is 13.3 Å². The molecule has 0 bridgehead atoms. The minimum atomic E-state index is -0.239. The van der Waals surface area contributed by atoms with Gasteiger partial charge in [0.1, 0.15) is 6.10 Å². The van der Waals surface area contributed by atoms with Gasteiger partial charge in [0.05, 0.1) is 0 Å². The number of carbonyl (C=O) groups excluding carboxylic acids is 2. The highest BCUT2D eigenvalue weighted by Gasteiger charge is 2.41. The monoisotopic (exact) mass is 236 g/mol. The predicted octanol–water partition coefficient (Wildman–Crippen LogP) is 2.79. The summed E-state index contributed by atoms with van der Waals surface area (Å²) >= 11 is 0. The lowest BCUT2D eigenvalue weighted by atomic mass is 10.0. The second kappa shape index (κ2) is 5.03. The van der Waals surface area contributed by atoms with Gasteiger partial charge in [0.25, 0.3) is 0 Å². The summed E-state index contributed by atoms with van der Waals surface area (Å²) in [6.07, 6.45) is 5.41. The molecule has 94 valence electrons. The normalized spacial score (nSPS) is 27.5. The number of carbonyl (C=O) groups is 2. The lowest BCUT2D eigenvalue weighted by Gasteiger charge is -2.14. The quantitative estimate of drug-likeness (QED) is 0.705. The van der Waals surface area contributed by atoms with Crippen LogP contribution in [0.2, 0.25) is 0 Å². The third-order valence-corrected chi connectivity index (χ3v) is 3.77. The van der Waals surface area contributed by atoms with Crippen molar-refractivity contribution in [2.75, 3.05) is 0 Å². The molecule has 0 N–H and O–H groups in total. The van der Waals surface area contributed by atoms with Gasteiger partial charge in [-0.15, -0.1) is 0 Å². The second-order valence-electron chi connectivity index (χ2n) is 5.04. The molecule has 1 fully saturated rings. The van der Waals surface area contributed by atoms with Crippen molar-refractivity contribution < 1.29 is 14.3 Å². The summed E-state index contributed by atoms with van der Waals surface area (Å²) in [5.74, 6) is 0.409. The van der Waals surface area contributed by atoms with Crippen molar-refractivity contribution in [1.29, 1.82) is 0 Å². The number of ether oxygens (including phenoxy) is 1. The molecule has 0 aliphatic heterocycles. The molecule has 0 unspecified atom stereocenters. The molecular weight excluding hydrogens is 216 g/mol. The van der Waals surface area contributed by atoms with Gasteiger partial charge in [-0.2, -0.15) is 0 Å². The zero-order chi connectivity index (χ0) is 12.4. The van der Waals surface area contributed by atoms with Gasteiger partial charge in [-0.25, -0.2) is 0 Å². The molecule has 3 nitrogen and oxygen atoms in total. The van der Waals surface area contributed by atoms with Gasteiger partial charge in [0, 0.05) is 13.3 Å². The average Bonchev–Trinajstić information content (AvgIpc) is 2.76. The molecule has 0 heterocycles. The Balaban J connectivity index is 2.19. The first kappa shape index (κ1) is 12.3. The summed E-state index contributed by atoms with van der Waals surface area (Å²) in [5.41, 5.74) is 2.12. The van der Waals surface area contributed by atoms with Crippen molar-refractivity contribution in [3.63, 3.8) is 0 Å². The molecule has 0 saturated heterocycles. The van der Waals surface area contributed by atoms with E-state index in [1.165, 1.54) is 6.92 Å². The summed E-state index contributed by atoms with van der Waals surface area (Å²) in [6, 6.07) is 0. The third-order valence-electron chi connectivity index (χ3n) is 3.77. The highest BCUT2D eigenvalue weighted by Crippen LogP contribution is 2.44. The van der Waals surface area contributed by atoms with Gasteiger partial charge >= 0.3 is 5.97 Å².